The van der Waals surface area contributed by atoms with E-state index in [-0.39, 0.29) is 17.1 Å². The molecule has 98 valence electrons. The highest BCUT2D eigenvalue weighted by molar-refractivity contribution is 5.91. The van der Waals surface area contributed by atoms with Gasteiger partial charge in [0.05, 0.1) is 0 Å². The maximum atomic E-state index is 12.8. The van der Waals surface area contributed by atoms with Gasteiger partial charge in [-0.2, -0.15) is 23.3 Å². The number of hydrogen-bond acceptors (Lipinski definition) is 3. The van der Waals surface area contributed by atoms with Crippen molar-refractivity contribution in [3.63, 3.8) is 0 Å². The van der Waals surface area contributed by atoms with Crippen LogP contribution in [0.1, 0.15) is 33.6 Å². The van der Waals surface area contributed by atoms with Gasteiger partial charge >= 0.3 is 6.18 Å². The number of carbonyl (C=O) groups is 1. The summed E-state index contributed by atoms with van der Waals surface area (Å²) in [7, 11) is 0. The SMILES string of the molecule is CCC1=NN(C(=O)C(C)C)[C@](O)(C(F)(F)F)C1. The Morgan fingerprint density at radius 3 is 2.47 bits per heavy atom. The number of hydrazone groups is 1. The smallest absolute Gasteiger partial charge is 0.362 e. The molecule has 1 rings (SSSR count). The third-order valence-corrected chi connectivity index (χ3v) is 2.61. The molecule has 1 atom stereocenters. The molecule has 1 amide bonds. The first kappa shape index (κ1) is 14.0. The van der Waals surface area contributed by atoms with Gasteiger partial charge < -0.3 is 5.11 Å². The average molecular weight is 252 g/mol. The fourth-order valence-electron chi connectivity index (χ4n) is 1.51. The zero-order valence-corrected chi connectivity index (χ0v) is 9.88. The minimum Gasteiger partial charge on any atom is -0.362 e. The number of halogens is 3. The van der Waals surface area contributed by atoms with Gasteiger partial charge in [-0.3, -0.25) is 4.79 Å². The molecular formula is C10H15F3N2O2. The summed E-state index contributed by atoms with van der Waals surface area (Å²) in [4.78, 5) is 11.6. The third-order valence-electron chi connectivity index (χ3n) is 2.61. The molecule has 17 heavy (non-hydrogen) atoms. The lowest BCUT2D eigenvalue weighted by molar-refractivity contribution is -0.303. The van der Waals surface area contributed by atoms with E-state index in [9.17, 15) is 23.1 Å². The van der Waals surface area contributed by atoms with E-state index in [2.05, 4.69) is 5.10 Å². The molecule has 0 fully saturated rings. The number of amides is 1. The van der Waals surface area contributed by atoms with Crippen molar-refractivity contribution >= 4 is 11.6 Å². The topological polar surface area (TPSA) is 52.9 Å². The zero-order valence-electron chi connectivity index (χ0n) is 9.88. The number of aliphatic hydroxyl groups is 1. The van der Waals surface area contributed by atoms with E-state index in [4.69, 9.17) is 0 Å². The summed E-state index contributed by atoms with van der Waals surface area (Å²) >= 11 is 0. The van der Waals surface area contributed by atoms with Crippen LogP contribution in [0.25, 0.3) is 0 Å². The van der Waals surface area contributed by atoms with Gasteiger partial charge in [0.25, 0.3) is 5.72 Å². The normalized spacial score (nSPS) is 25.4. The molecule has 0 aliphatic carbocycles. The number of nitrogens with zero attached hydrogens (tertiary/aromatic N) is 2. The number of hydrogen-bond donors (Lipinski definition) is 1. The predicted octanol–water partition coefficient (Wildman–Crippen LogP) is 1.89. The van der Waals surface area contributed by atoms with Gasteiger partial charge in [-0.1, -0.05) is 20.8 Å². The van der Waals surface area contributed by atoms with Crippen molar-refractivity contribution in [3.8, 4) is 0 Å². The molecule has 4 nitrogen and oxygen atoms in total. The fraction of sp³-hybridized carbons (Fsp3) is 0.800. The fourth-order valence-corrected chi connectivity index (χ4v) is 1.51. The van der Waals surface area contributed by atoms with Crippen LogP contribution in [0, 0.1) is 5.92 Å². The summed E-state index contributed by atoms with van der Waals surface area (Å²) < 4.78 is 38.4. The Morgan fingerprint density at radius 2 is 2.12 bits per heavy atom. The van der Waals surface area contributed by atoms with Gasteiger partial charge in [-0.15, -0.1) is 0 Å². The van der Waals surface area contributed by atoms with Crippen LogP contribution in [0.5, 0.6) is 0 Å². The molecule has 1 heterocycles. The van der Waals surface area contributed by atoms with Crippen molar-refractivity contribution in [2.24, 2.45) is 11.0 Å². The van der Waals surface area contributed by atoms with Crippen molar-refractivity contribution in [2.75, 3.05) is 0 Å². The molecule has 0 bridgehead atoms. The van der Waals surface area contributed by atoms with Crippen LogP contribution >= 0.6 is 0 Å². The summed E-state index contributed by atoms with van der Waals surface area (Å²) in [5, 5.41) is 13.4. The summed E-state index contributed by atoms with van der Waals surface area (Å²) in [6, 6.07) is 0. The Hall–Kier alpha value is -1.11. The molecule has 1 N–H and O–H groups in total. The van der Waals surface area contributed by atoms with E-state index in [1.54, 1.807) is 6.92 Å². The molecule has 0 saturated heterocycles. The van der Waals surface area contributed by atoms with Crippen molar-refractivity contribution in [1.82, 2.24) is 5.01 Å². The first-order valence-electron chi connectivity index (χ1n) is 5.33. The highest BCUT2D eigenvalue weighted by Crippen LogP contribution is 2.41. The van der Waals surface area contributed by atoms with Gasteiger partial charge in [0, 0.05) is 18.1 Å². The largest absolute Gasteiger partial charge is 0.438 e. The van der Waals surface area contributed by atoms with Crippen LogP contribution in [0.4, 0.5) is 13.2 Å². The molecule has 0 aromatic carbocycles. The number of rotatable bonds is 2. The number of carbonyl (C=O) groups excluding carboxylic acids is 1. The Kier molecular flexibility index (Phi) is 3.52. The standard InChI is InChI=1S/C10H15F3N2O2/c1-4-7-5-9(17,10(11,12)13)15(14-7)8(16)6(2)3/h6,17H,4-5H2,1-3H3/t9-/m1/s1. The zero-order chi connectivity index (χ0) is 13.4. The molecule has 7 heteroatoms. The Labute approximate surface area is 97.1 Å². The second-order valence-electron chi connectivity index (χ2n) is 4.32. The Morgan fingerprint density at radius 1 is 1.59 bits per heavy atom. The minimum atomic E-state index is -4.92. The van der Waals surface area contributed by atoms with Crippen LogP contribution in [-0.4, -0.2) is 33.6 Å². The van der Waals surface area contributed by atoms with E-state index in [1.807, 2.05) is 0 Å². The molecule has 0 unspecified atom stereocenters. The lowest BCUT2D eigenvalue weighted by Gasteiger charge is -2.33. The summed E-state index contributed by atoms with van der Waals surface area (Å²) in [6.07, 6.45) is -5.33. The second kappa shape index (κ2) is 4.29. The lowest BCUT2D eigenvalue weighted by Crippen LogP contribution is -2.57. The summed E-state index contributed by atoms with van der Waals surface area (Å²) in [5.74, 6) is -1.50. The van der Waals surface area contributed by atoms with Crippen molar-refractivity contribution in [3.05, 3.63) is 0 Å². The van der Waals surface area contributed by atoms with Crippen molar-refractivity contribution in [2.45, 2.75) is 45.5 Å². The highest BCUT2D eigenvalue weighted by atomic mass is 19.4. The van der Waals surface area contributed by atoms with Gasteiger partial charge in [-0.25, -0.2) is 0 Å². The maximum Gasteiger partial charge on any atom is 0.438 e. The van der Waals surface area contributed by atoms with Crippen molar-refractivity contribution < 1.29 is 23.1 Å². The Balaban J connectivity index is 3.12. The monoisotopic (exact) mass is 252 g/mol. The molecule has 0 spiro atoms. The molecule has 1 aliphatic rings. The van der Waals surface area contributed by atoms with Crippen molar-refractivity contribution in [1.29, 1.82) is 0 Å². The van der Waals surface area contributed by atoms with E-state index < -0.39 is 30.1 Å². The minimum absolute atomic E-state index is 0.166. The van der Waals surface area contributed by atoms with Gasteiger partial charge in [0.2, 0.25) is 5.91 Å². The van der Waals surface area contributed by atoms with Gasteiger partial charge in [0.1, 0.15) is 0 Å². The lowest BCUT2D eigenvalue weighted by atomic mass is 10.0. The Bertz CT molecular complexity index is 352. The van der Waals surface area contributed by atoms with Gasteiger partial charge in [-0.05, 0) is 6.42 Å². The van der Waals surface area contributed by atoms with E-state index in [1.165, 1.54) is 13.8 Å². The van der Waals surface area contributed by atoms with E-state index in [0.717, 1.165) is 0 Å². The van der Waals surface area contributed by atoms with Crippen LogP contribution in [0.2, 0.25) is 0 Å². The molecular weight excluding hydrogens is 237 g/mol. The second-order valence-corrected chi connectivity index (χ2v) is 4.32. The quantitative estimate of drug-likeness (QED) is 0.816. The molecule has 0 saturated carbocycles. The summed E-state index contributed by atoms with van der Waals surface area (Å²) in [5.41, 5.74) is -3.03. The van der Waals surface area contributed by atoms with Crippen LogP contribution < -0.4 is 0 Å². The predicted molar refractivity (Wildman–Crippen MR) is 55.0 cm³/mol. The van der Waals surface area contributed by atoms with Crippen LogP contribution in [-0.2, 0) is 4.79 Å². The first-order chi connectivity index (χ1) is 7.63. The molecule has 0 radical (unpaired) electrons. The van der Waals surface area contributed by atoms with Gasteiger partial charge in [0.15, 0.2) is 0 Å². The molecule has 0 aromatic heterocycles. The first-order valence-corrected chi connectivity index (χ1v) is 5.33. The maximum absolute atomic E-state index is 12.8. The van der Waals surface area contributed by atoms with Crippen LogP contribution in [0.3, 0.4) is 0 Å². The summed E-state index contributed by atoms with van der Waals surface area (Å²) in [6.45, 7) is 4.54. The van der Waals surface area contributed by atoms with Crippen LogP contribution in [0.15, 0.2) is 5.10 Å². The average Bonchev–Trinajstić information content (AvgIpc) is 2.55. The molecule has 0 aromatic rings. The van der Waals surface area contributed by atoms with E-state index >= 15 is 0 Å². The third kappa shape index (κ3) is 2.29. The highest BCUT2D eigenvalue weighted by Gasteiger charge is 2.63. The number of alkyl halides is 3. The molecule has 1 aliphatic heterocycles. The van der Waals surface area contributed by atoms with E-state index in [0.29, 0.717) is 0 Å².